The highest BCUT2D eigenvalue weighted by Gasteiger charge is 2.20. The summed E-state index contributed by atoms with van der Waals surface area (Å²) in [5, 5.41) is 4.59. The molecule has 0 saturated carbocycles. The molecular formula is C11H18N2. The highest BCUT2D eigenvalue weighted by atomic mass is 15.3. The molecule has 0 radical (unpaired) electrons. The van der Waals surface area contributed by atoms with Gasteiger partial charge in [0.15, 0.2) is 0 Å². The zero-order valence-electron chi connectivity index (χ0n) is 8.80. The summed E-state index contributed by atoms with van der Waals surface area (Å²) in [6, 6.07) is 0. The Balaban J connectivity index is 2.48. The molecule has 0 N–H and O–H groups in total. The van der Waals surface area contributed by atoms with E-state index in [-0.39, 0.29) is 0 Å². The Kier molecular flexibility index (Phi) is 2.14. The summed E-state index contributed by atoms with van der Waals surface area (Å²) < 4.78 is 2.08. The minimum atomic E-state index is 0.611. The van der Waals surface area contributed by atoms with Crippen LogP contribution in [-0.4, -0.2) is 9.78 Å². The van der Waals surface area contributed by atoms with Gasteiger partial charge >= 0.3 is 0 Å². The fourth-order valence-corrected chi connectivity index (χ4v) is 2.43. The maximum absolute atomic E-state index is 4.59. The van der Waals surface area contributed by atoms with Gasteiger partial charge in [-0.3, -0.25) is 4.68 Å². The predicted molar refractivity (Wildman–Crippen MR) is 53.9 cm³/mol. The number of hydrogen-bond acceptors (Lipinski definition) is 1. The third kappa shape index (κ3) is 1.38. The Bertz CT molecular complexity index is 310. The van der Waals surface area contributed by atoms with Gasteiger partial charge in [0.1, 0.15) is 0 Å². The summed E-state index contributed by atoms with van der Waals surface area (Å²) in [6.07, 6.45) is 5.10. The molecule has 0 aliphatic heterocycles. The van der Waals surface area contributed by atoms with Gasteiger partial charge in [-0.25, -0.2) is 0 Å². The van der Waals surface area contributed by atoms with E-state index >= 15 is 0 Å². The lowest BCUT2D eigenvalue weighted by Gasteiger charge is -2.13. The molecule has 2 rings (SSSR count). The lowest BCUT2D eigenvalue weighted by molar-refractivity contribution is 0.658. The quantitative estimate of drug-likeness (QED) is 0.645. The smallest absolute Gasteiger partial charge is 0.0659 e. The molecule has 0 aromatic carbocycles. The van der Waals surface area contributed by atoms with Gasteiger partial charge < -0.3 is 0 Å². The van der Waals surface area contributed by atoms with Crippen molar-refractivity contribution in [2.24, 2.45) is 7.05 Å². The normalized spacial score (nSPS) is 16.3. The molecule has 0 spiro atoms. The van der Waals surface area contributed by atoms with Crippen molar-refractivity contribution < 1.29 is 0 Å². The van der Waals surface area contributed by atoms with Crippen LogP contribution in [0.2, 0.25) is 0 Å². The van der Waals surface area contributed by atoms with Crippen LogP contribution >= 0.6 is 0 Å². The van der Waals surface area contributed by atoms with Crippen molar-refractivity contribution in [1.82, 2.24) is 9.78 Å². The van der Waals surface area contributed by atoms with E-state index in [0.717, 1.165) is 0 Å². The fraction of sp³-hybridized carbons (Fsp3) is 0.727. The third-order valence-electron chi connectivity index (χ3n) is 2.91. The van der Waals surface area contributed by atoms with Gasteiger partial charge in [0, 0.05) is 12.7 Å². The van der Waals surface area contributed by atoms with Crippen molar-refractivity contribution in [1.29, 1.82) is 0 Å². The Morgan fingerprint density at radius 3 is 2.62 bits per heavy atom. The minimum Gasteiger partial charge on any atom is -0.272 e. The summed E-state index contributed by atoms with van der Waals surface area (Å²) in [5.74, 6) is 0.611. The zero-order chi connectivity index (χ0) is 9.42. The highest BCUT2D eigenvalue weighted by Crippen LogP contribution is 2.28. The SMILES string of the molecule is CC(C)c1c2c(nn1C)CCCC2. The monoisotopic (exact) mass is 178 g/mol. The van der Waals surface area contributed by atoms with E-state index in [9.17, 15) is 0 Å². The van der Waals surface area contributed by atoms with E-state index in [1.165, 1.54) is 37.1 Å². The maximum Gasteiger partial charge on any atom is 0.0659 e. The first-order valence-corrected chi connectivity index (χ1v) is 5.24. The van der Waals surface area contributed by atoms with E-state index in [1.54, 1.807) is 5.56 Å². The Morgan fingerprint density at radius 2 is 1.92 bits per heavy atom. The van der Waals surface area contributed by atoms with E-state index in [2.05, 4.69) is 30.7 Å². The topological polar surface area (TPSA) is 17.8 Å². The van der Waals surface area contributed by atoms with Crippen LogP contribution in [-0.2, 0) is 19.9 Å². The van der Waals surface area contributed by atoms with Gasteiger partial charge in [-0.05, 0) is 37.2 Å². The van der Waals surface area contributed by atoms with Gasteiger partial charge in [-0.2, -0.15) is 5.10 Å². The van der Waals surface area contributed by atoms with Crippen molar-refractivity contribution in [3.8, 4) is 0 Å². The van der Waals surface area contributed by atoms with Gasteiger partial charge in [0.05, 0.1) is 5.69 Å². The van der Waals surface area contributed by atoms with E-state index < -0.39 is 0 Å². The fourth-order valence-electron chi connectivity index (χ4n) is 2.43. The highest BCUT2D eigenvalue weighted by molar-refractivity contribution is 5.30. The number of aryl methyl sites for hydroxylation is 2. The van der Waals surface area contributed by atoms with E-state index in [0.29, 0.717) is 5.92 Å². The molecule has 13 heavy (non-hydrogen) atoms. The molecule has 0 saturated heterocycles. The lowest BCUT2D eigenvalue weighted by atomic mass is 9.92. The first-order chi connectivity index (χ1) is 6.20. The molecule has 0 bridgehead atoms. The van der Waals surface area contributed by atoms with Crippen LogP contribution in [0.15, 0.2) is 0 Å². The number of nitrogens with zero attached hydrogens (tertiary/aromatic N) is 2. The summed E-state index contributed by atoms with van der Waals surface area (Å²) in [7, 11) is 2.08. The third-order valence-corrected chi connectivity index (χ3v) is 2.91. The number of fused-ring (bicyclic) bond motifs is 1. The number of aromatic nitrogens is 2. The predicted octanol–water partition coefficient (Wildman–Crippen LogP) is 2.42. The van der Waals surface area contributed by atoms with Crippen molar-refractivity contribution in [2.75, 3.05) is 0 Å². The van der Waals surface area contributed by atoms with Crippen molar-refractivity contribution in [2.45, 2.75) is 45.4 Å². The molecule has 1 heterocycles. The van der Waals surface area contributed by atoms with Crippen molar-refractivity contribution in [3.63, 3.8) is 0 Å². The van der Waals surface area contributed by atoms with E-state index in [1.807, 2.05) is 0 Å². The molecule has 0 amide bonds. The second-order valence-corrected chi connectivity index (χ2v) is 4.30. The Hall–Kier alpha value is -0.790. The summed E-state index contributed by atoms with van der Waals surface area (Å²) >= 11 is 0. The molecule has 0 atom stereocenters. The average molecular weight is 178 g/mol. The van der Waals surface area contributed by atoms with Crippen LogP contribution in [0.25, 0.3) is 0 Å². The van der Waals surface area contributed by atoms with Gasteiger partial charge in [-0.15, -0.1) is 0 Å². The van der Waals surface area contributed by atoms with Crippen LogP contribution in [0.5, 0.6) is 0 Å². The standard InChI is InChI=1S/C11H18N2/c1-8(2)11-9-6-4-5-7-10(9)12-13(11)3/h8H,4-7H2,1-3H3. The second kappa shape index (κ2) is 3.17. The minimum absolute atomic E-state index is 0.611. The van der Waals surface area contributed by atoms with Gasteiger partial charge in [-0.1, -0.05) is 13.8 Å². The molecule has 72 valence electrons. The molecule has 2 nitrogen and oxygen atoms in total. The number of rotatable bonds is 1. The van der Waals surface area contributed by atoms with Crippen molar-refractivity contribution >= 4 is 0 Å². The van der Waals surface area contributed by atoms with Crippen LogP contribution < -0.4 is 0 Å². The van der Waals surface area contributed by atoms with Gasteiger partial charge in [0.2, 0.25) is 0 Å². The Labute approximate surface area is 80.0 Å². The van der Waals surface area contributed by atoms with Crippen LogP contribution in [0.4, 0.5) is 0 Å². The van der Waals surface area contributed by atoms with Crippen LogP contribution in [0, 0.1) is 0 Å². The lowest BCUT2D eigenvalue weighted by Crippen LogP contribution is -2.04. The molecule has 0 fully saturated rings. The molecular weight excluding hydrogens is 160 g/mol. The number of hydrogen-bond donors (Lipinski definition) is 0. The van der Waals surface area contributed by atoms with Crippen LogP contribution in [0.3, 0.4) is 0 Å². The van der Waals surface area contributed by atoms with E-state index in [4.69, 9.17) is 0 Å². The molecule has 2 heteroatoms. The summed E-state index contributed by atoms with van der Waals surface area (Å²) in [5.41, 5.74) is 4.36. The van der Waals surface area contributed by atoms with Crippen LogP contribution in [0.1, 0.15) is 49.6 Å². The molecule has 1 aromatic rings. The largest absolute Gasteiger partial charge is 0.272 e. The zero-order valence-corrected chi connectivity index (χ0v) is 8.80. The summed E-state index contributed by atoms with van der Waals surface area (Å²) in [6.45, 7) is 4.51. The summed E-state index contributed by atoms with van der Waals surface area (Å²) in [4.78, 5) is 0. The first-order valence-electron chi connectivity index (χ1n) is 5.24. The Morgan fingerprint density at radius 1 is 1.23 bits per heavy atom. The molecule has 1 aliphatic carbocycles. The first kappa shape index (κ1) is 8.79. The average Bonchev–Trinajstić information content (AvgIpc) is 2.39. The molecule has 1 aromatic heterocycles. The van der Waals surface area contributed by atoms with Crippen molar-refractivity contribution in [3.05, 3.63) is 17.0 Å². The van der Waals surface area contributed by atoms with Gasteiger partial charge in [0.25, 0.3) is 0 Å². The molecule has 0 unspecified atom stereocenters. The second-order valence-electron chi connectivity index (χ2n) is 4.30. The maximum atomic E-state index is 4.59. The molecule has 1 aliphatic rings.